The predicted octanol–water partition coefficient (Wildman–Crippen LogP) is -0.257. The number of carbonyl (C=O) groups is 2. The van der Waals surface area contributed by atoms with Crippen molar-refractivity contribution in [3.8, 4) is 0 Å². The fourth-order valence-electron chi connectivity index (χ4n) is 1.07. The second-order valence-corrected chi connectivity index (χ2v) is 3.27. The largest absolute Gasteiger partial charge is 0.480 e. The number of carboxylic acids is 1. The van der Waals surface area contributed by atoms with Gasteiger partial charge in [0.05, 0.1) is 5.69 Å². The summed E-state index contributed by atoms with van der Waals surface area (Å²) in [5, 5.41) is 11.0. The van der Waals surface area contributed by atoms with Crippen LogP contribution in [0.1, 0.15) is 23.0 Å². The molecule has 86 valence electrons. The van der Waals surface area contributed by atoms with Crippen LogP contribution >= 0.6 is 0 Å². The summed E-state index contributed by atoms with van der Waals surface area (Å²) in [6.45, 7) is 1.63. The molecule has 0 saturated heterocycles. The Hall–Kier alpha value is -1.95. The molecule has 0 unspecified atom stereocenters. The van der Waals surface area contributed by atoms with E-state index in [1.54, 1.807) is 0 Å². The van der Waals surface area contributed by atoms with E-state index < -0.39 is 17.9 Å². The number of aromatic nitrogens is 1. The number of hydrogen-bond acceptors (Lipinski definition) is 4. The predicted molar refractivity (Wildman–Crippen MR) is 56.7 cm³/mol. The molecule has 0 aromatic carbocycles. The number of amides is 1. The minimum atomic E-state index is -1.08. The second-order valence-electron chi connectivity index (χ2n) is 3.27. The molecule has 1 amide bonds. The van der Waals surface area contributed by atoms with Crippen LogP contribution in [0.4, 0.5) is 0 Å². The number of nitrogens with zero attached hydrogens (tertiary/aromatic N) is 1. The number of carboxylic acid groups (broad SMARTS) is 1. The van der Waals surface area contributed by atoms with E-state index in [0.29, 0.717) is 11.3 Å². The van der Waals surface area contributed by atoms with Crippen molar-refractivity contribution >= 4 is 11.9 Å². The SMILES string of the molecule is C[C@@H](NC(=O)c1ccnc(CN)c1)C(=O)O. The molecule has 0 fully saturated rings. The summed E-state index contributed by atoms with van der Waals surface area (Å²) in [5.74, 6) is -1.53. The standard InChI is InChI=1S/C10H13N3O3/c1-6(10(15)16)13-9(14)7-2-3-12-8(4-7)5-11/h2-4,6H,5,11H2,1H3,(H,13,14)(H,15,16)/t6-/m1/s1. The Kier molecular flexibility index (Phi) is 3.96. The Morgan fingerprint density at radius 2 is 2.31 bits per heavy atom. The van der Waals surface area contributed by atoms with Crippen LogP contribution < -0.4 is 11.1 Å². The van der Waals surface area contributed by atoms with Gasteiger partial charge >= 0.3 is 5.97 Å². The van der Waals surface area contributed by atoms with Crippen molar-refractivity contribution in [3.05, 3.63) is 29.6 Å². The summed E-state index contributed by atoms with van der Waals surface area (Å²) < 4.78 is 0. The first kappa shape index (κ1) is 12.1. The van der Waals surface area contributed by atoms with Crippen molar-refractivity contribution in [3.63, 3.8) is 0 Å². The third kappa shape index (κ3) is 3.03. The molecule has 0 aliphatic rings. The Labute approximate surface area is 92.5 Å². The number of hydrogen-bond donors (Lipinski definition) is 3. The highest BCUT2D eigenvalue weighted by atomic mass is 16.4. The molecule has 1 atom stereocenters. The minimum Gasteiger partial charge on any atom is -0.480 e. The summed E-state index contributed by atoms with van der Waals surface area (Å²) >= 11 is 0. The smallest absolute Gasteiger partial charge is 0.325 e. The van der Waals surface area contributed by atoms with Gasteiger partial charge in [0, 0.05) is 18.3 Å². The maximum Gasteiger partial charge on any atom is 0.325 e. The number of nitrogens with two attached hydrogens (primary N) is 1. The fraction of sp³-hybridized carbons (Fsp3) is 0.300. The van der Waals surface area contributed by atoms with Gasteiger partial charge < -0.3 is 16.2 Å². The summed E-state index contributed by atoms with van der Waals surface area (Å²) in [4.78, 5) is 26.1. The molecule has 0 radical (unpaired) electrons. The lowest BCUT2D eigenvalue weighted by Crippen LogP contribution is -2.38. The zero-order valence-corrected chi connectivity index (χ0v) is 8.80. The molecule has 0 bridgehead atoms. The summed E-state index contributed by atoms with van der Waals surface area (Å²) in [6.07, 6.45) is 1.46. The van der Waals surface area contributed by atoms with Gasteiger partial charge in [-0.05, 0) is 19.1 Å². The van der Waals surface area contributed by atoms with Crippen LogP contribution in [0.25, 0.3) is 0 Å². The number of carbonyl (C=O) groups excluding carboxylic acids is 1. The van der Waals surface area contributed by atoms with Gasteiger partial charge in [-0.2, -0.15) is 0 Å². The van der Waals surface area contributed by atoms with E-state index in [-0.39, 0.29) is 6.54 Å². The maximum atomic E-state index is 11.6. The molecule has 1 heterocycles. The van der Waals surface area contributed by atoms with Crippen LogP contribution in [-0.2, 0) is 11.3 Å². The molecule has 1 aromatic heterocycles. The lowest BCUT2D eigenvalue weighted by atomic mass is 10.2. The van der Waals surface area contributed by atoms with E-state index >= 15 is 0 Å². The van der Waals surface area contributed by atoms with Gasteiger partial charge in [-0.1, -0.05) is 0 Å². The third-order valence-electron chi connectivity index (χ3n) is 2.01. The van der Waals surface area contributed by atoms with Gasteiger partial charge in [0.2, 0.25) is 0 Å². The highest BCUT2D eigenvalue weighted by Gasteiger charge is 2.15. The average molecular weight is 223 g/mol. The van der Waals surface area contributed by atoms with Crippen LogP contribution in [-0.4, -0.2) is 28.0 Å². The minimum absolute atomic E-state index is 0.232. The lowest BCUT2D eigenvalue weighted by molar-refractivity contribution is -0.138. The highest BCUT2D eigenvalue weighted by molar-refractivity contribution is 5.96. The van der Waals surface area contributed by atoms with Crippen LogP contribution in [0.5, 0.6) is 0 Å². The molecule has 6 nitrogen and oxygen atoms in total. The number of pyridine rings is 1. The van der Waals surface area contributed by atoms with E-state index in [1.165, 1.54) is 25.3 Å². The zero-order valence-electron chi connectivity index (χ0n) is 8.80. The first-order chi connectivity index (χ1) is 7.54. The molecule has 4 N–H and O–H groups in total. The Morgan fingerprint density at radius 1 is 1.62 bits per heavy atom. The van der Waals surface area contributed by atoms with Gasteiger partial charge in [0.25, 0.3) is 5.91 Å². The molecule has 6 heteroatoms. The van der Waals surface area contributed by atoms with Crippen molar-refractivity contribution in [2.24, 2.45) is 5.73 Å². The lowest BCUT2D eigenvalue weighted by Gasteiger charge is -2.09. The number of nitrogens with one attached hydrogen (secondary N) is 1. The van der Waals surface area contributed by atoms with Crippen molar-refractivity contribution < 1.29 is 14.7 Å². The topological polar surface area (TPSA) is 105 Å². The zero-order chi connectivity index (χ0) is 12.1. The molecule has 0 spiro atoms. The fourth-order valence-corrected chi connectivity index (χ4v) is 1.07. The van der Waals surface area contributed by atoms with Crippen LogP contribution in [0.15, 0.2) is 18.3 Å². The van der Waals surface area contributed by atoms with Gasteiger partial charge in [-0.25, -0.2) is 0 Å². The normalized spacial score (nSPS) is 11.9. The van der Waals surface area contributed by atoms with Gasteiger partial charge in [-0.15, -0.1) is 0 Å². The number of aliphatic carboxylic acids is 1. The van der Waals surface area contributed by atoms with E-state index in [1.807, 2.05) is 0 Å². The van der Waals surface area contributed by atoms with Crippen LogP contribution in [0.3, 0.4) is 0 Å². The molecule has 0 saturated carbocycles. The molecule has 1 aromatic rings. The summed E-state index contributed by atoms with van der Waals surface area (Å²) in [7, 11) is 0. The highest BCUT2D eigenvalue weighted by Crippen LogP contribution is 2.01. The van der Waals surface area contributed by atoms with Gasteiger partial charge in [-0.3, -0.25) is 14.6 Å². The monoisotopic (exact) mass is 223 g/mol. The molecular formula is C10H13N3O3. The molecule has 0 aliphatic carbocycles. The van der Waals surface area contributed by atoms with Crippen LogP contribution in [0.2, 0.25) is 0 Å². The van der Waals surface area contributed by atoms with E-state index in [9.17, 15) is 9.59 Å². The van der Waals surface area contributed by atoms with Crippen molar-refractivity contribution in [1.29, 1.82) is 0 Å². The molecule has 16 heavy (non-hydrogen) atoms. The molecule has 1 rings (SSSR count). The molecule has 0 aliphatic heterocycles. The quantitative estimate of drug-likeness (QED) is 0.652. The number of rotatable bonds is 4. The Balaban J connectivity index is 2.76. The van der Waals surface area contributed by atoms with Crippen molar-refractivity contribution in [2.75, 3.05) is 0 Å². The summed E-state index contributed by atoms with van der Waals surface area (Å²) in [6, 6.07) is 2.11. The summed E-state index contributed by atoms with van der Waals surface area (Å²) in [5.41, 5.74) is 6.31. The Bertz CT molecular complexity index is 406. The Morgan fingerprint density at radius 3 is 2.88 bits per heavy atom. The second kappa shape index (κ2) is 5.22. The molecular weight excluding hydrogens is 210 g/mol. The van der Waals surface area contributed by atoms with E-state index in [0.717, 1.165) is 0 Å². The third-order valence-corrected chi connectivity index (χ3v) is 2.01. The first-order valence-electron chi connectivity index (χ1n) is 4.73. The maximum absolute atomic E-state index is 11.6. The first-order valence-corrected chi connectivity index (χ1v) is 4.73. The van der Waals surface area contributed by atoms with Gasteiger partial charge in [0.15, 0.2) is 0 Å². The van der Waals surface area contributed by atoms with Crippen LogP contribution in [0, 0.1) is 0 Å². The van der Waals surface area contributed by atoms with Crippen molar-refractivity contribution in [2.45, 2.75) is 19.5 Å². The van der Waals surface area contributed by atoms with Crippen molar-refractivity contribution in [1.82, 2.24) is 10.3 Å². The van der Waals surface area contributed by atoms with E-state index in [4.69, 9.17) is 10.8 Å². The average Bonchev–Trinajstić information content (AvgIpc) is 2.28. The van der Waals surface area contributed by atoms with E-state index in [2.05, 4.69) is 10.3 Å². The van der Waals surface area contributed by atoms with Gasteiger partial charge in [0.1, 0.15) is 6.04 Å².